The third kappa shape index (κ3) is 5.23. The van der Waals surface area contributed by atoms with Gasteiger partial charge in [0.2, 0.25) is 0 Å². The Hall–Kier alpha value is -1.79. The molecule has 1 saturated heterocycles. The molecule has 7 heteroatoms. The molecule has 0 atom stereocenters. The molecule has 0 radical (unpaired) electrons. The second-order valence-corrected chi connectivity index (χ2v) is 8.39. The molecule has 154 valence electrons. The Labute approximate surface area is 181 Å². The van der Waals surface area contributed by atoms with E-state index in [1.165, 1.54) is 6.20 Å². The molecular weight excluding hydrogens is 410 g/mol. The molecule has 4 nitrogen and oxygen atoms in total. The fourth-order valence-electron chi connectivity index (χ4n) is 3.90. The van der Waals surface area contributed by atoms with Crippen molar-refractivity contribution in [2.45, 2.75) is 25.4 Å². The van der Waals surface area contributed by atoms with E-state index in [0.29, 0.717) is 11.1 Å². The Kier molecular flexibility index (Phi) is 6.60. The third-order valence-electron chi connectivity index (χ3n) is 5.59. The average Bonchev–Trinajstić information content (AvgIpc) is 2.73. The SMILES string of the molecule is FC1=CNC2=CC=CN(CCN3CCC(NCc4cc(Cl)ccc4Cl)CC3)C2=C1. The number of hydrogen-bond donors (Lipinski definition) is 2. The predicted octanol–water partition coefficient (Wildman–Crippen LogP) is 4.56. The Morgan fingerprint density at radius 2 is 2.00 bits per heavy atom. The zero-order chi connectivity index (χ0) is 20.2. The molecule has 0 saturated carbocycles. The molecule has 4 rings (SSSR count). The highest BCUT2D eigenvalue weighted by Gasteiger charge is 2.22. The van der Waals surface area contributed by atoms with Crippen LogP contribution in [0.4, 0.5) is 4.39 Å². The lowest BCUT2D eigenvalue weighted by atomic mass is 10.0. The Morgan fingerprint density at radius 3 is 2.83 bits per heavy atom. The smallest absolute Gasteiger partial charge is 0.141 e. The largest absolute Gasteiger partial charge is 0.357 e. The molecule has 3 heterocycles. The lowest BCUT2D eigenvalue weighted by molar-refractivity contribution is 0.186. The second kappa shape index (κ2) is 9.35. The number of fused-ring (bicyclic) bond motifs is 1. The minimum Gasteiger partial charge on any atom is -0.357 e. The summed E-state index contributed by atoms with van der Waals surface area (Å²) in [5.41, 5.74) is 2.87. The highest BCUT2D eigenvalue weighted by molar-refractivity contribution is 6.33. The van der Waals surface area contributed by atoms with E-state index >= 15 is 0 Å². The topological polar surface area (TPSA) is 30.5 Å². The summed E-state index contributed by atoms with van der Waals surface area (Å²) in [7, 11) is 0. The van der Waals surface area contributed by atoms with Crippen LogP contribution in [-0.4, -0.2) is 42.0 Å². The van der Waals surface area contributed by atoms with E-state index in [9.17, 15) is 4.39 Å². The van der Waals surface area contributed by atoms with Crippen molar-refractivity contribution in [3.63, 3.8) is 0 Å². The van der Waals surface area contributed by atoms with E-state index in [2.05, 4.69) is 20.4 Å². The number of hydrogen-bond acceptors (Lipinski definition) is 4. The predicted molar refractivity (Wildman–Crippen MR) is 117 cm³/mol. The Morgan fingerprint density at radius 1 is 1.17 bits per heavy atom. The monoisotopic (exact) mass is 434 g/mol. The molecule has 1 aromatic carbocycles. The number of benzene rings is 1. The van der Waals surface area contributed by atoms with Gasteiger partial charge in [0.05, 0.1) is 11.4 Å². The van der Waals surface area contributed by atoms with Gasteiger partial charge >= 0.3 is 0 Å². The summed E-state index contributed by atoms with van der Waals surface area (Å²) in [5, 5.41) is 8.08. The molecule has 0 unspecified atom stereocenters. The van der Waals surface area contributed by atoms with Gasteiger partial charge in [-0.25, -0.2) is 4.39 Å². The first-order valence-electron chi connectivity index (χ1n) is 9.97. The zero-order valence-corrected chi connectivity index (χ0v) is 17.7. The highest BCUT2D eigenvalue weighted by Crippen LogP contribution is 2.24. The normalized spacial score (nSPS) is 20.0. The molecule has 3 aliphatic rings. The van der Waals surface area contributed by atoms with Crippen molar-refractivity contribution in [1.29, 1.82) is 0 Å². The summed E-state index contributed by atoms with van der Waals surface area (Å²) in [4.78, 5) is 4.58. The minimum absolute atomic E-state index is 0.246. The van der Waals surface area contributed by atoms with Crippen molar-refractivity contribution in [2.24, 2.45) is 0 Å². The molecule has 0 spiro atoms. The van der Waals surface area contributed by atoms with Crippen LogP contribution in [-0.2, 0) is 6.54 Å². The van der Waals surface area contributed by atoms with Crippen molar-refractivity contribution in [3.05, 3.63) is 81.7 Å². The molecular formula is C22H25Cl2FN4. The van der Waals surface area contributed by atoms with E-state index in [1.54, 1.807) is 6.08 Å². The van der Waals surface area contributed by atoms with Crippen molar-refractivity contribution in [2.75, 3.05) is 26.2 Å². The van der Waals surface area contributed by atoms with Crippen molar-refractivity contribution in [1.82, 2.24) is 20.4 Å². The molecule has 0 aromatic heterocycles. The van der Waals surface area contributed by atoms with Gasteiger partial charge in [-0.15, -0.1) is 0 Å². The molecule has 0 aliphatic carbocycles. The number of dihydropyridines is 1. The lowest BCUT2D eigenvalue weighted by Crippen LogP contribution is -2.44. The van der Waals surface area contributed by atoms with Crippen molar-refractivity contribution >= 4 is 23.2 Å². The molecule has 3 aliphatic heterocycles. The van der Waals surface area contributed by atoms with Gasteiger partial charge in [-0.3, -0.25) is 0 Å². The summed E-state index contributed by atoms with van der Waals surface area (Å²) < 4.78 is 13.6. The molecule has 2 N–H and O–H groups in total. The van der Waals surface area contributed by atoms with Gasteiger partial charge in [-0.05, 0) is 61.8 Å². The third-order valence-corrected chi connectivity index (χ3v) is 6.19. The van der Waals surface area contributed by atoms with E-state index in [1.807, 2.05) is 36.6 Å². The molecule has 29 heavy (non-hydrogen) atoms. The summed E-state index contributed by atoms with van der Waals surface area (Å²) in [6.07, 6.45) is 11.1. The lowest BCUT2D eigenvalue weighted by Gasteiger charge is -2.35. The number of rotatable bonds is 6. The van der Waals surface area contributed by atoms with Crippen LogP contribution < -0.4 is 10.6 Å². The van der Waals surface area contributed by atoms with Crippen LogP contribution in [0.5, 0.6) is 0 Å². The Bertz CT molecular complexity index is 870. The van der Waals surface area contributed by atoms with E-state index in [-0.39, 0.29) is 5.83 Å². The summed E-state index contributed by atoms with van der Waals surface area (Å²) in [5.74, 6) is -0.246. The van der Waals surface area contributed by atoms with E-state index in [0.717, 1.165) is 67.5 Å². The van der Waals surface area contributed by atoms with Crippen LogP contribution in [0.3, 0.4) is 0 Å². The Balaban J connectivity index is 1.22. The quantitative estimate of drug-likeness (QED) is 0.686. The molecule has 1 fully saturated rings. The molecule has 1 aromatic rings. The van der Waals surface area contributed by atoms with Gasteiger partial charge in [0.1, 0.15) is 5.83 Å². The van der Waals surface area contributed by atoms with Crippen LogP contribution in [0.25, 0.3) is 0 Å². The maximum Gasteiger partial charge on any atom is 0.141 e. The van der Waals surface area contributed by atoms with Gasteiger partial charge in [-0.1, -0.05) is 23.2 Å². The average molecular weight is 435 g/mol. The van der Waals surface area contributed by atoms with Gasteiger partial charge in [0, 0.05) is 54.2 Å². The summed E-state index contributed by atoms with van der Waals surface area (Å²) >= 11 is 12.3. The van der Waals surface area contributed by atoms with Crippen LogP contribution >= 0.6 is 23.2 Å². The summed E-state index contributed by atoms with van der Waals surface area (Å²) in [6, 6.07) is 6.06. The highest BCUT2D eigenvalue weighted by atomic mass is 35.5. The van der Waals surface area contributed by atoms with Crippen LogP contribution in [0.1, 0.15) is 18.4 Å². The maximum atomic E-state index is 13.6. The zero-order valence-electron chi connectivity index (χ0n) is 16.2. The second-order valence-electron chi connectivity index (χ2n) is 7.55. The maximum absolute atomic E-state index is 13.6. The van der Waals surface area contributed by atoms with Crippen molar-refractivity contribution < 1.29 is 4.39 Å². The van der Waals surface area contributed by atoms with Crippen LogP contribution in [0.15, 0.2) is 66.0 Å². The number of halogens is 3. The molecule has 0 bridgehead atoms. The number of allylic oxidation sites excluding steroid dienone is 4. The fraction of sp³-hybridized carbons (Fsp3) is 0.364. The van der Waals surface area contributed by atoms with E-state index in [4.69, 9.17) is 23.2 Å². The van der Waals surface area contributed by atoms with Gasteiger partial charge in [0.15, 0.2) is 0 Å². The van der Waals surface area contributed by atoms with Gasteiger partial charge in [-0.2, -0.15) is 0 Å². The van der Waals surface area contributed by atoms with Gasteiger partial charge in [0.25, 0.3) is 0 Å². The summed E-state index contributed by atoms with van der Waals surface area (Å²) in [6.45, 7) is 4.62. The van der Waals surface area contributed by atoms with Crippen LogP contribution in [0.2, 0.25) is 10.0 Å². The first-order chi connectivity index (χ1) is 14.1. The number of likely N-dealkylation sites (tertiary alicyclic amines) is 1. The number of nitrogens with one attached hydrogen (secondary N) is 2. The van der Waals surface area contributed by atoms with E-state index < -0.39 is 0 Å². The first kappa shape index (κ1) is 20.5. The van der Waals surface area contributed by atoms with Crippen molar-refractivity contribution in [3.8, 4) is 0 Å². The minimum atomic E-state index is -0.246. The fourth-order valence-corrected chi connectivity index (χ4v) is 4.28. The first-order valence-corrected chi connectivity index (χ1v) is 10.7. The number of piperidine rings is 1. The molecule has 0 amide bonds. The van der Waals surface area contributed by atoms with Crippen LogP contribution in [0, 0.1) is 0 Å². The standard InChI is InChI=1S/C22H25Cl2FN4/c23-17-3-4-20(24)16(12-17)14-26-19-5-8-28(9-6-19)10-11-29-7-1-2-21-22(29)13-18(25)15-27-21/h1-4,7,12-13,15,19,26-27H,5-6,8-11,14H2. The number of nitrogens with zero attached hydrogens (tertiary/aromatic N) is 2. The van der Waals surface area contributed by atoms with Gasteiger partial charge < -0.3 is 20.4 Å².